The van der Waals surface area contributed by atoms with E-state index in [9.17, 15) is 17.6 Å². The molecule has 106 valence electrons. The fourth-order valence-corrected chi connectivity index (χ4v) is 3.30. The highest BCUT2D eigenvalue weighted by molar-refractivity contribution is 9.10. The van der Waals surface area contributed by atoms with Crippen molar-refractivity contribution in [1.29, 1.82) is 0 Å². The fraction of sp³-hybridized carbons (Fsp3) is 0.300. The highest BCUT2D eigenvalue weighted by atomic mass is 79.9. The Balaban J connectivity index is 2.89. The zero-order chi connectivity index (χ0) is 14.6. The number of esters is 1. The number of hydrogen-bond acceptors (Lipinski definition) is 5. The zero-order valence-electron chi connectivity index (χ0n) is 9.94. The van der Waals surface area contributed by atoms with E-state index in [1.165, 1.54) is 7.11 Å². The summed E-state index contributed by atoms with van der Waals surface area (Å²) < 4.78 is 43.6. The van der Waals surface area contributed by atoms with Gasteiger partial charge in [-0.05, 0) is 28.1 Å². The summed E-state index contributed by atoms with van der Waals surface area (Å²) in [5, 5.41) is 0. The second-order valence-electron chi connectivity index (χ2n) is 3.53. The van der Waals surface area contributed by atoms with Crippen LogP contribution in [0.5, 0.6) is 0 Å². The average Bonchev–Trinajstić information content (AvgIpc) is 2.33. The molecule has 0 saturated carbocycles. The number of halogens is 2. The number of nitrogens with two attached hydrogens (primary N) is 1. The molecule has 0 aliphatic rings. The topological polar surface area (TPSA) is 98.5 Å². The lowest BCUT2D eigenvalue weighted by Gasteiger charge is -2.09. The number of ether oxygens (including phenoxy) is 1. The molecule has 0 heterocycles. The monoisotopic (exact) mass is 354 g/mol. The first-order chi connectivity index (χ1) is 8.77. The van der Waals surface area contributed by atoms with Gasteiger partial charge in [0, 0.05) is 11.0 Å². The molecule has 0 spiro atoms. The van der Waals surface area contributed by atoms with Crippen molar-refractivity contribution in [1.82, 2.24) is 4.72 Å². The maximum atomic E-state index is 13.1. The maximum absolute atomic E-state index is 13.1. The molecule has 0 saturated heterocycles. The second-order valence-corrected chi connectivity index (χ2v) is 6.12. The van der Waals surface area contributed by atoms with E-state index in [2.05, 4.69) is 25.4 Å². The van der Waals surface area contributed by atoms with Gasteiger partial charge in [-0.1, -0.05) is 0 Å². The fourth-order valence-electron chi connectivity index (χ4n) is 1.22. The maximum Gasteiger partial charge on any atom is 0.306 e. The van der Waals surface area contributed by atoms with Crippen LogP contribution in [-0.4, -0.2) is 28.0 Å². The molecule has 0 amide bonds. The molecular weight excluding hydrogens is 343 g/mol. The molecule has 0 aliphatic carbocycles. The van der Waals surface area contributed by atoms with E-state index in [-0.39, 0.29) is 28.0 Å². The smallest absolute Gasteiger partial charge is 0.306 e. The average molecular weight is 355 g/mol. The van der Waals surface area contributed by atoms with Crippen molar-refractivity contribution >= 4 is 37.6 Å². The van der Waals surface area contributed by atoms with Crippen molar-refractivity contribution in [3.63, 3.8) is 0 Å². The molecule has 0 radical (unpaired) electrons. The summed E-state index contributed by atoms with van der Waals surface area (Å²) in [6.45, 7) is -0.126. The van der Waals surface area contributed by atoms with E-state index in [4.69, 9.17) is 5.73 Å². The summed E-state index contributed by atoms with van der Waals surface area (Å²) >= 11 is 2.95. The molecule has 1 aromatic rings. The SMILES string of the molecule is COC(=O)CCNS(=O)(=O)c1cc(N)c(F)cc1Br. The minimum absolute atomic E-state index is 0.0461. The Bertz CT molecular complexity index is 591. The lowest BCUT2D eigenvalue weighted by atomic mass is 10.3. The van der Waals surface area contributed by atoms with Crippen molar-refractivity contribution in [3.05, 3.63) is 22.4 Å². The van der Waals surface area contributed by atoms with E-state index in [0.717, 1.165) is 12.1 Å². The van der Waals surface area contributed by atoms with Crippen molar-refractivity contribution in [2.45, 2.75) is 11.3 Å². The van der Waals surface area contributed by atoms with Gasteiger partial charge >= 0.3 is 5.97 Å². The van der Waals surface area contributed by atoms with Crippen LogP contribution in [0.4, 0.5) is 10.1 Å². The Morgan fingerprint density at radius 3 is 2.74 bits per heavy atom. The van der Waals surface area contributed by atoms with E-state index < -0.39 is 21.8 Å². The summed E-state index contributed by atoms with van der Waals surface area (Å²) in [5.41, 5.74) is 5.04. The van der Waals surface area contributed by atoms with Crippen molar-refractivity contribution in [2.24, 2.45) is 0 Å². The molecule has 0 fully saturated rings. The highest BCUT2D eigenvalue weighted by Crippen LogP contribution is 2.26. The lowest BCUT2D eigenvalue weighted by Crippen LogP contribution is -2.27. The van der Waals surface area contributed by atoms with Crippen LogP contribution in [0.2, 0.25) is 0 Å². The van der Waals surface area contributed by atoms with Crippen molar-refractivity contribution in [2.75, 3.05) is 19.4 Å². The molecule has 9 heteroatoms. The van der Waals surface area contributed by atoms with Gasteiger partial charge in [0.05, 0.1) is 24.1 Å². The van der Waals surface area contributed by atoms with E-state index in [1.54, 1.807) is 0 Å². The van der Waals surface area contributed by atoms with Gasteiger partial charge in [-0.25, -0.2) is 17.5 Å². The molecule has 0 unspecified atom stereocenters. The van der Waals surface area contributed by atoms with E-state index in [1.807, 2.05) is 0 Å². The summed E-state index contributed by atoms with van der Waals surface area (Å²) in [6.07, 6.45) is -0.107. The molecule has 0 aliphatic heterocycles. The first-order valence-electron chi connectivity index (χ1n) is 5.09. The Morgan fingerprint density at radius 1 is 1.53 bits per heavy atom. The number of anilines is 1. The Morgan fingerprint density at radius 2 is 2.16 bits per heavy atom. The number of rotatable bonds is 5. The quantitative estimate of drug-likeness (QED) is 0.607. The van der Waals surface area contributed by atoms with Gasteiger partial charge in [0.1, 0.15) is 5.82 Å². The number of carbonyl (C=O) groups is 1. The van der Waals surface area contributed by atoms with Crippen LogP contribution in [0.25, 0.3) is 0 Å². The number of carbonyl (C=O) groups excluding carboxylic acids is 1. The minimum Gasteiger partial charge on any atom is -0.469 e. The Kier molecular flexibility index (Phi) is 5.27. The van der Waals surface area contributed by atoms with Gasteiger partial charge in [-0.3, -0.25) is 4.79 Å². The summed E-state index contributed by atoms with van der Waals surface area (Å²) in [4.78, 5) is 10.7. The predicted molar refractivity (Wildman–Crippen MR) is 70.3 cm³/mol. The lowest BCUT2D eigenvalue weighted by molar-refractivity contribution is -0.140. The first-order valence-corrected chi connectivity index (χ1v) is 7.36. The molecular formula is C10H12BrFN2O4S. The third-order valence-corrected chi connectivity index (χ3v) is 4.61. The number of sulfonamides is 1. The predicted octanol–water partition coefficient (Wildman–Crippen LogP) is 1.01. The van der Waals surface area contributed by atoms with Crippen LogP contribution in [0.15, 0.2) is 21.5 Å². The summed E-state index contributed by atoms with van der Waals surface area (Å²) in [6, 6.07) is 1.96. The Labute approximate surface area is 118 Å². The molecule has 0 bridgehead atoms. The van der Waals surface area contributed by atoms with E-state index >= 15 is 0 Å². The van der Waals surface area contributed by atoms with Crippen LogP contribution < -0.4 is 10.5 Å². The van der Waals surface area contributed by atoms with E-state index in [0.29, 0.717) is 0 Å². The minimum atomic E-state index is -3.89. The number of hydrogen-bond donors (Lipinski definition) is 2. The molecule has 3 N–H and O–H groups in total. The number of methoxy groups -OCH3 is 1. The molecule has 6 nitrogen and oxygen atoms in total. The number of nitrogen functional groups attached to an aromatic ring is 1. The first kappa shape index (κ1) is 15.9. The van der Waals surface area contributed by atoms with Gasteiger partial charge in [-0.15, -0.1) is 0 Å². The van der Waals surface area contributed by atoms with Gasteiger partial charge in [0.15, 0.2) is 0 Å². The normalized spacial score (nSPS) is 11.3. The van der Waals surface area contributed by atoms with Crippen LogP contribution >= 0.6 is 15.9 Å². The number of nitrogens with one attached hydrogen (secondary N) is 1. The molecule has 19 heavy (non-hydrogen) atoms. The van der Waals surface area contributed by atoms with Crippen LogP contribution in [0.3, 0.4) is 0 Å². The standard InChI is InChI=1S/C10H12BrFN2O4S/c1-18-10(15)2-3-14-19(16,17)9-5-8(13)7(12)4-6(9)11/h4-5,14H,2-3,13H2,1H3. The summed E-state index contributed by atoms with van der Waals surface area (Å²) in [5.74, 6) is -1.26. The third-order valence-electron chi connectivity index (χ3n) is 2.19. The molecule has 0 atom stereocenters. The largest absolute Gasteiger partial charge is 0.469 e. The second kappa shape index (κ2) is 6.31. The zero-order valence-corrected chi connectivity index (χ0v) is 12.3. The molecule has 1 aromatic carbocycles. The van der Waals surface area contributed by atoms with Crippen LogP contribution in [-0.2, 0) is 19.6 Å². The van der Waals surface area contributed by atoms with Crippen molar-refractivity contribution in [3.8, 4) is 0 Å². The molecule has 1 rings (SSSR count). The van der Waals surface area contributed by atoms with Gasteiger partial charge in [0.25, 0.3) is 0 Å². The molecule has 0 aromatic heterocycles. The summed E-state index contributed by atoms with van der Waals surface area (Å²) in [7, 11) is -2.68. The van der Waals surface area contributed by atoms with Crippen molar-refractivity contribution < 1.29 is 22.3 Å². The van der Waals surface area contributed by atoms with Crippen LogP contribution in [0.1, 0.15) is 6.42 Å². The van der Waals surface area contributed by atoms with Gasteiger partial charge < -0.3 is 10.5 Å². The Hall–Kier alpha value is -1.19. The highest BCUT2D eigenvalue weighted by Gasteiger charge is 2.19. The van der Waals surface area contributed by atoms with Gasteiger partial charge in [-0.2, -0.15) is 0 Å². The third kappa shape index (κ3) is 4.15. The number of benzene rings is 1. The van der Waals surface area contributed by atoms with Gasteiger partial charge in [0.2, 0.25) is 10.0 Å². The van der Waals surface area contributed by atoms with Crippen LogP contribution in [0, 0.1) is 5.82 Å².